The van der Waals surface area contributed by atoms with E-state index in [0.29, 0.717) is 12.6 Å². The molecule has 2 aliphatic heterocycles. The Kier molecular flexibility index (Phi) is 6.22. The minimum Gasteiger partial charge on any atom is -0.483 e. The second kappa shape index (κ2) is 9.23. The maximum Gasteiger partial charge on any atom is 0.327 e. The van der Waals surface area contributed by atoms with E-state index in [2.05, 4.69) is 38.6 Å². The number of urea groups is 1. The van der Waals surface area contributed by atoms with E-state index in [0.717, 1.165) is 48.5 Å². The van der Waals surface area contributed by atoms with E-state index in [-0.39, 0.29) is 12.5 Å². The van der Waals surface area contributed by atoms with Gasteiger partial charge in [-0.05, 0) is 37.6 Å². The lowest BCUT2D eigenvalue weighted by Gasteiger charge is -2.34. The number of nitrogens with one attached hydrogen (secondary N) is 2. The van der Waals surface area contributed by atoms with Crippen molar-refractivity contribution in [1.82, 2.24) is 20.1 Å². The molecule has 3 N–H and O–H groups in total. The lowest BCUT2D eigenvalue weighted by atomic mass is 10.1. The summed E-state index contributed by atoms with van der Waals surface area (Å²) in [5, 5.41) is 18.8. The minimum absolute atomic E-state index is 0.148. The zero-order valence-corrected chi connectivity index (χ0v) is 18.2. The zero-order valence-electron chi connectivity index (χ0n) is 18.2. The third-order valence-corrected chi connectivity index (χ3v) is 5.67. The Morgan fingerprint density at radius 3 is 2.91 bits per heavy atom. The summed E-state index contributed by atoms with van der Waals surface area (Å²) in [6, 6.07) is 8.14. The number of amides is 2. The fourth-order valence-electron chi connectivity index (χ4n) is 4.34. The van der Waals surface area contributed by atoms with Crippen molar-refractivity contribution in [3.05, 3.63) is 42.2 Å². The van der Waals surface area contributed by atoms with Gasteiger partial charge in [0.2, 0.25) is 0 Å². The highest BCUT2D eigenvalue weighted by atomic mass is 16.3. The number of hydrogen-bond acceptors (Lipinski definition) is 6. The van der Waals surface area contributed by atoms with E-state index in [1.807, 2.05) is 37.6 Å². The molecule has 168 valence electrons. The van der Waals surface area contributed by atoms with Crippen LogP contribution in [-0.2, 0) is 18.3 Å². The molecule has 0 aliphatic carbocycles. The number of carbonyl (C=O) groups excluding carboxylic acids is 1. The van der Waals surface area contributed by atoms with Gasteiger partial charge in [0.1, 0.15) is 5.82 Å². The molecule has 10 nitrogen and oxygen atoms in total. The van der Waals surface area contributed by atoms with Gasteiger partial charge in [-0.2, -0.15) is 5.10 Å². The van der Waals surface area contributed by atoms with Gasteiger partial charge >= 0.3 is 6.03 Å². The number of anilines is 3. The molecule has 1 saturated heterocycles. The van der Waals surface area contributed by atoms with Crippen LogP contribution in [0.1, 0.15) is 12.5 Å². The van der Waals surface area contributed by atoms with Crippen LogP contribution >= 0.6 is 0 Å². The van der Waals surface area contributed by atoms with Crippen LogP contribution in [0.2, 0.25) is 0 Å². The molecular formula is C22H27N7O3. The van der Waals surface area contributed by atoms with Crippen LogP contribution in [0.15, 0.2) is 36.7 Å². The standard InChI is InChI=1S/C21H25N7O.CH2O2/c1-14-12-27(10-8-22-14)19-5-7-23-20-17(19)6-9-28(20)21(29)24-16-3-4-18-15(11-16)13-26(2)25-18;2-1-3/h3-5,7,11,13-14,22H,6,8-10,12H2,1-2H3,(H,24,29);1H,(H,2,3)/t14-;/m0./s1. The molecule has 2 amide bonds. The van der Waals surface area contributed by atoms with Crippen molar-refractivity contribution in [3.8, 4) is 0 Å². The minimum atomic E-state index is -0.250. The molecule has 1 aromatic carbocycles. The van der Waals surface area contributed by atoms with E-state index >= 15 is 0 Å². The van der Waals surface area contributed by atoms with Crippen molar-refractivity contribution in [1.29, 1.82) is 0 Å². The maximum absolute atomic E-state index is 13.0. The van der Waals surface area contributed by atoms with Gasteiger partial charge in [0.05, 0.1) is 5.52 Å². The fraction of sp³-hybridized carbons (Fsp3) is 0.364. The van der Waals surface area contributed by atoms with Gasteiger partial charge in [-0.25, -0.2) is 9.78 Å². The van der Waals surface area contributed by atoms with E-state index in [1.54, 1.807) is 9.58 Å². The fourth-order valence-corrected chi connectivity index (χ4v) is 4.34. The third-order valence-electron chi connectivity index (χ3n) is 5.67. The maximum atomic E-state index is 13.0. The second-order valence-electron chi connectivity index (χ2n) is 7.95. The normalized spacial score (nSPS) is 17.5. The van der Waals surface area contributed by atoms with Crippen molar-refractivity contribution < 1.29 is 14.7 Å². The van der Waals surface area contributed by atoms with Crippen LogP contribution in [0.25, 0.3) is 10.9 Å². The number of carboxylic acid groups (broad SMARTS) is 1. The van der Waals surface area contributed by atoms with Gasteiger partial charge in [0.25, 0.3) is 6.47 Å². The first-order valence-corrected chi connectivity index (χ1v) is 10.6. The topological polar surface area (TPSA) is 116 Å². The SMILES string of the molecule is C[C@H]1CN(c2ccnc3c2CCN3C(=O)Nc2ccc3nn(C)cc3c2)CCN1.O=CO. The molecule has 0 radical (unpaired) electrons. The lowest BCUT2D eigenvalue weighted by Crippen LogP contribution is -2.49. The van der Waals surface area contributed by atoms with E-state index < -0.39 is 0 Å². The number of pyridine rings is 1. The number of nitrogens with zero attached hydrogens (tertiary/aromatic N) is 5. The predicted molar refractivity (Wildman–Crippen MR) is 123 cm³/mol. The molecule has 1 fully saturated rings. The Morgan fingerprint density at radius 2 is 2.12 bits per heavy atom. The van der Waals surface area contributed by atoms with Crippen LogP contribution in [0.3, 0.4) is 0 Å². The van der Waals surface area contributed by atoms with Crippen LogP contribution in [0, 0.1) is 0 Å². The van der Waals surface area contributed by atoms with E-state index in [4.69, 9.17) is 9.90 Å². The Balaban J connectivity index is 0.000000775. The molecule has 3 aromatic rings. The molecular weight excluding hydrogens is 410 g/mol. The van der Waals surface area contributed by atoms with Crippen LogP contribution in [0.4, 0.5) is 22.0 Å². The molecule has 0 saturated carbocycles. The van der Waals surface area contributed by atoms with Crippen LogP contribution in [-0.4, -0.2) is 64.6 Å². The average molecular weight is 438 g/mol. The van der Waals surface area contributed by atoms with Gasteiger partial charge in [0, 0.05) is 74.0 Å². The van der Waals surface area contributed by atoms with Crippen molar-refractivity contribution in [2.24, 2.45) is 7.05 Å². The summed E-state index contributed by atoms with van der Waals surface area (Å²) in [6.45, 7) is 5.50. The number of aryl methyl sites for hydroxylation is 1. The summed E-state index contributed by atoms with van der Waals surface area (Å²) in [5.41, 5.74) is 4.04. The number of fused-ring (bicyclic) bond motifs is 2. The smallest absolute Gasteiger partial charge is 0.327 e. The zero-order chi connectivity index (χ0) is 22.7. The molecule has 0 spiro atoms. The number of piperazine rings is 1. The summed E-state index contributed by atoms with van der Waals surface area (Å²) in [5.74, 6) is 0.772. The summed E-state index contributed by atoms with van der Waals surface area (Å²) < 4.78 is 1.77. The number of rotatable bonds is 2. The lowest BCUT2D eigenvalue weighted by molar-refractivity contribution is -0.122. The molecule has 32 heavy (non-hydrogen) atoms. The first-order chi connectivity index (χ1) is 15.5. The molecule has 2 aromatic heterocycles. The highest BCUT2D eigenvalue weighted by Gasteiger charge is 2.30. The van der Waals surface area contributed by atoms with E-state index in [9.17, 15) is 4.79 Å². The summed E-state index contributed by atoms with van der Waals surface area (Å²) >= 11 is 0. The monoisotopic (exact) mass is 437 g/mol. The van der Waals surface area contributed by atoms with Crippen molar-refractivity contribution in [2.45, 2.75) is 19.4 Å². The second-order valence-corrected chi connectivity index (χ2v) is 7.95. The number of benzene rings is 1. The Hall–Kier alpha value is -3.66. The largest absolute Gasteiger partial charge is 0.483 e. The van der Waals surface area contributed by atoms with Crippen LogP contribution in [0.5, 0.6) is 0 Å². The number of aromatic nitrogens is 3. The van der Waals surface area contributed by atoms with Crippen molar-refractivity contribution in [3.63, 3.8) is 0 Å². The van der Waals surface area contributed by atoms with Gasteiger partial charge in [-0.3, -0.25) is 14.4 Å². The molecule has 0 unspecified atom stereocenters. The Labute approximate surface area is 185 Å². The molecule has 10 heteroatoms. The molecule has 1 atom stereocenters. The van der Waals surface area contributed by atoms with Gasteiger partial charge in [-0.15, -0.1) is 0 Å². The highest BCUT2D eigenvalue weighted by molar-refractivity contribution is 6.03. The summed E-state index contributed by atoms with van der Waals surface area (Å²) in [6.07, 6.45) is 4.58. The van der Waals surface area contributed by atoms with Crippen LogP contribution < -0.4 is 20.4 Å². The Morgan fingerprint density at radius 1 is 1.31 bits per heavy atom. The quantitative estimate of drug-likeness (QED) is 0.526. The van der Waals surface area contributed by atoms with Crippen molar-refractivity contribution in [2.75, 3.05) is 41.3 Å². The molecule has 0 bridgehead atoms. The summed E-state index contributed by atoms with van der Waals surface area (Å²) in [4.78, 5) is 30.0. The van der Waals surface area contributed by atoms with Gasteiger partial charge in [-0.1, -0.05) is 0 Å². The number of hydrogen-bond donors (Lipinski definition) is 3. The van der Waals surface area contributed by atoms with Gasteiger partial charge in [0.15, 0.2) is 0 Å². The van der Waals surface area contributed by atoms with E-state index in [1.165, 1.54) is 11.3 Å². The molecule has 5 rings (SSSR count). The van der Waals surface area contributed by atoms with Gasteiger partial charge < -0.3 is 20.6 Å². The Bertz CT molecular complexity index is 1130. The highest BCUT2D eigenvalue weighted by Crippen LogP contribution is 2.34. The van der Waals surface area contributed by atoms with Crippen molar-refractivity contribution >= 4 is 40.6 Å². The molecule has 4 heterocycles. The average Bonchev–Trinajstić information content (AvgIpc) is 3.36. The summed E-state index contributed by atoms with van der Waals surface area (Å²) in [7, 11) is 1.89. The first-order valence-electron chi connectivity index (χ1n) is 10.6. The third kappa shape index (κ3) is 4.35. The molecule has 2 aliphatic rings. The predicted octanol–water partition coefficient (Wildman–Crippen LogP) is 2.06. The first kappa shape index (κ1) is 21.6. The number of carbonyl (C=O) groups is 2.